The molecule has 0 fully saturated rings. The molecule has 1 rings (SSSR count). The molecule has 0 heterocycles. The molecule has 0 bridgehead atoms. The summed E-state index contributed by atoms with van der Waals surface area (Å²) in [4.78, 5) is 0. The van der Waals surface area contributed by atoms with Crippen LogP contribution in [0.15, 0.2) is 28.7 Å². The summed E-state index contributed by atoms with van der Waals surface area (Å²) in [5.74, 6) is 0. The van der Waals surface area contributed by atoms with Crippen LogP contribution in [-0.4, -0.2) is 20.8 Å². The first kappa shape index (κ1) is 16.2. The van der Waals surface area contributed by atoms with Gasteiger partial charge in [-0.15, -0.1) is 0 Å². The Morgan fingerprint density at radius 2 is 1.63 bits per heavy atom. The van der Waals surface area contributed by atoms with Crippen molar-refractivity contribution in [2.75, 3.05) is 0 Å². The number of halogens is 4. The molecule has 0 saturated heterocycles. The van der Waals surface area contributed by atoms with Crippen LogP contribution in [0, 0.1) is 0 Å². The second-order valence-corrected chi connectivity index (χ2v) is 7.15. The average molecular weight is 312 g/mol. The molecule has 0 radical (unpaired) electrons. The maximum Gasteiger partial charge on any atom is 0.434 e. The molecular weight excluding hydrogens is 299 g/mol. The molecule has 0 aliphatic rings. The summed E-state index contributed by atoms with van der Waals surface area (Å²) in [6.45, 7) is 4.67. The quantitative estimate of drug-likeness (QED) is 0.754. The molecule has 0 aromatic heterocycles. The summed E-state index contributed by atoms with van der Waals surface area (Å²) in [6, 6.07) is 5.07. The van der Waals surface area contributed by atoms with Crippen molar-refractivity contribution in [2.24, 2.45) is 4.40 Å². The smallest absolute Gasteiger partial charge is 0.234 e. The Bertz CT molecular complexity index is 503. The minimum absolute atomic E-state index is 0.158. The minimum atomic E-state index is -4.67. The number of nitrogens with zero attached hydrogens (tertiary/aromatic N) is 1. The predicted molar refractivity (Wildman–Crippen MR) is 71.9 cm³/mol. The van der Waals surface area contributed by atoms with Gasteiger partial charge in [-0.25, -0.2) is 4.21 Å². The number of rotatable bonds is 2. The molecule has 1 aromatic rings. The predicted octanol–water partition coefficient (Wildman–Crippen LogP) is 4.15. The summed E-state index contributed by atoms with van der Waals surface area (Å²) in [7, 11) is -1.98. The highest BCUT2D eigenvalue weighted by Gasteiger charge is 2.38. The van der Waals surface area contributed by atoms with Gasteiger partial charge in [-0.05, 0) is 32.9 Å². The number of hydrogen-bond donors (Lipinski definition) is 0. The van der Waals surface area contributed by atoms with Gasteiger partial charge in [0.2, 0.25) is 0 Å². The Morgan fingerprint density at radius 3 is 2.00 bits per heavy atom. The highest BCUT2D eigenvalue weighted by Crippen LogP contribution is 2.25. The third-order valence-corrected chi connectivity index (χ3v) is 3.73. The zero-order chi connectivity index (χ0) is 14.8. The highest BCUT2D eigenvalue weighted by molar-refractivity contribution is 7.85. The van der Waals surface area contributed by atoms with E-state index >= 15 is 0 Å². The van der Waals surface area contributed by atoms with Crippen LogP contribution in [0.1, 0.15) is 26.3 Å². The van der Waals surface area contributed by atoms with Crippen LogP contribution in [0.5, 0.6) is 0 Å². The van der Waals surface area contributed by atoms with Gasteiger partial charge in [0.1, 0.15) is 11.0 Å². The zero-order valence-electron chi connectivity index (χ0n) is 10.6. The van der Waals surface area contributed by atoms with Gasteiger partial charge in [-0.1, -0.05) is 23.7 Å². The van der Waals surface area contributed by atoms with Crippen molar-refractivity contribution >= 4 is 28.3 Å². The number of alkyl halides is 3. The van der Waals surface area contributed by atoms with Crippen molar-refractivity contribution in [1.82, 2.24) is 0 Å². The van der Waals surface area contributed by atoms with E-state index in [0.29, 0.717) is 5.02 Å². The fourth-order valence-corrected chi connectivity index (χ4v) is 1.87. The molecule has 0 spiro atoms. The topological polar surface area (TPSA) is 29.4 Å². The van der Waals surface area contributed by atoms with E-state index in [1.807, 2.05) is 0 Å². The van der Waals surface area contributed by atoms with Crippen LogP contribution >= 0.6 is 11.6 Å². The lowest BCUT2D eigenvalue weighted by Crippen LogP contribution is -2.28. The maximum absolute atomic E-state index is 13.0. The SMILES string of the molecule is CC(C)(C)[S@](=O)/N=C(\c1ccc(Cl)cc1)C(F)(F)F. The van der Waals surface area contributed by atoms with Gasteiger partial charge >= 0.3 is 6.18 Å². The summed E-state index contributed by atoms with van der Waals surface area (Å²) < 4.78 is 53.1. The van der Waals surface area contributed by atoms with Crippen molar-refractivity contribution < 1.29 is 17.4 Å². The molecule has 0 amide bonds. The lowest BCUT2D eigenvalue weighted by atomic mass is 10.1. The third kappa shape index (κ3) is 4.62. The van der Waals surface area contributed by atoms with E-state index in [2.05, 4.69) is 4.40 Å². The maximum atomic E-state index is 13.0. The first-order chi connectivity index (χ1) is 8.51. The van der Waals surface area contributed by atoms with E-state index in [4.69, 9.17) is 11.6 Å². The van der Waals surface area contributed by atoms with E-state index < -0.39 is 27.6 Å². The van der Waals surface area contributed by atoms with Gasteiger partial charge < -0.3 is 0 Å². The molecule has 1 atom stereocenters. The first-order valence-corrected chi connectivity index (χ1v) is 6.84. The van der Waals surface area contributed by atoms with Gasteiger partial charge in [0, 0.05) is 10.6 Å². The Balaban J connectivity index is 3.28. The molecule has 0 aliphatic heterocycles. The Labute approximate surface area is 117 Å². The fraction of sp³-hybridized carbons (Fsp3) is 0.417. The average Bonchev–Trinajstić information content (AvgIpc) is 2.24. The third-order valence-electron chi connectivity index (χ3n) is 2.08. The second-order valence-electron chi connectivity index (χ2n) is 4.81. The van der Waals surface area contributed by atoms with E-state index in [9.17, 15) is 17.4 Å². The van der Waals surface area contributed by atoms with Crippen LogP contribution in [-0.2, 0) is 11.0 Å². The molecule has 7 heteroatoms. The first-order valence-electron chi connectivity index (χ1n) is 5.35. The summed E-state index contributed by atoms with van der Waals surface area (Å²) in [5.41, 5.74) is -1.31. The van der Waals surface area contributed by atoms with Gasteiger partial charge in [-0.2, -0.15) is 17.6 Å². The normalized spacial score (nSPS) is 15.4. The monoisotopic (exact) mass is 311 g/mol. The Morgan fingerprint density at radius 1 is 1.16 bits per heavy atom. The Kier molecular flexibility index (Phi) is 4.79. The lowest BCUT2D eigenvalue weighted by Gasteiger charge is -2.16. The minimum Gasteiger partial charge on any atom is -0.234 e. The molecule has 1 aromatic carbocycles. The molecule has 0 aliphatic carbocycles. The Hall–Kier alpha value is -0.880. The molecule has 0 N–H and O–H groups in total. The van der Waals surface area contributed by atoms with Crippen molar-refractivity contribution in [3.63, 3.8) is 0 Å². The van der Waals surface area contributed by atoms with Crippen molar-refractivity contribution in [1.29, 1.82) is 0 Å². The van der Waals surface area contributed by atoms with Crippen molar-refractivity contribution in [3.8, 4) is 0 Å². The van der Waals surface area contributed by atoms with Crippen molar-refractivity contribution in [3.05, 3.63) is 34.9 Å². The van der Waals surface area contributed by atoms with Crippen molar-refractivity contribution in [2.45, 2.75) is 31.7 Å². The van der Waals surface area contributed by atoms with E-state index in [-0.39, 0.29) is 5.56 Å². The van der Waals surface area contributed by atoms with E-state index in [1.165, 1.54) is 24.3 Å². The molecular formula is C12H13ClF3NOS. The summed E-state index contributed by atoms with van der Waals surface area (Å²) in [6.07, 6.45) is -4.67. The molecule has 106 valence electrons. The van der Waals surface area contributed by atoms with E-state index in [0.717, 1.165) is 0 Å². The second kappa shape index (κ2) is 5.63. The molecule has 19 heavy (non-hydrogen) atoms. The highest BCUT2D eigenvalue weighted by atomic mass is 35.5. The van der Waals surface area contributed by atoms with Crippen LogP contribution in [0.25, 0.3) is 0 Å². The van der Waals surface area contributed by atoms with Gasteiger partial charge in [0.05, 0.1) is 4.75 Å². The van der Waals surface area contributed by atoms with Gasteiger partial charge in [0.25, 0.3) is 0 Å². The van der Waals surface area contributed by atoms with Gasteiger partial charge in [-0.3, -0.25) is 0 Å². The summed E-state index contributed by atoms with van der Waals surface area (Å²) in [5, 5.41) is 0.321. The number of benzene rings is 1. The van der Waals surface area contributed by atoms with Crippen LogP contribution in [0.4, 0.5) is 13.2 Å². The molecule has 0 saturated carbocycles. The fourth-order valence-electron chi connectivity index (χ4n) is 1.10. The lowest BCUT2D eigenvalue weighted by molar-refractivity contribution is -0.0578. The zero-order valence-corrected chi connectivity index (χ0v) is 12.2. The van der Waals surface area contributed by atoms with Crippen LogP contribution < -0.4 is 0 Å². The van der Waals surface area contributed by atoms with Gasteiger partial charge in [0.15, 0.2) is 5.71 Å². The van der Waals surface area contributed by atoms with E-state index in [1.54, 1.807) is 20.8 Å². The largest absolute Gasteiger partial charge is 0.434 e. The molecule has 2 nitrogen and oxygen atoms in total. The van der Waals surface area contributed by atoms with Crippen LogP contribution in [0.2, 0.25) is 5.02 Å². The number of hydrogen-bond acceptors (Lipinski definition) is 1. The van der Waals surface area contributed by atoms with Crippen LogP contribution in [0.3, 0.4) is 0 Å². The summed E-state index contributed by atoms with van der Waals surface area (Å²) >= 11 is 5.63. The standard InChI is InChI=1S/C12H13ClF3NOS/c1-11(2,3)19(18)17-10(12(14,15)16)8-4-6-9(13)7-5-8/h4-7H,1-3H3/b17-10+/t19-/m0/s1. The molecule has 0 unspecified atom stereocenters.